The van der Waals surface area contributed by atoms with Crippen LogP contribution in [0.4, 0.5) is 0 Å². The Morgan fingerprint density at radius 2 is 1.76 bits per heavy atom. The van der Waals surface area contributed by atoms with Crippen molar-refractivity contribution < 1.29 is 14.3 Å². The number of rotatable bonds is 10. The van der Waals surface area contributed by atoms with Crippen molar-refractivity contribution in [3.05, 3.63) is 84.9 Å². The Balaban J connectivity index is 5.45. The van der Waals surface area contributed by atoms with Crippen LogP contribution in [0.15, 0.2) is 84.9 Å². The van der Waals surface area contributed by atoms with Crippen molar-refractivity contribution in [2.75, 3.05) is 0 Å². The SMILES string of the molecule is C=C/C=C\C(=C/C=C)C(=O)OC(/C=C(\C=C/C)OC(C)(C)CC)=C/C. The summed E-state index contributed by atoms with van der Waals surface area (Å²) in [5.41, 5.74) is 0.0690. The van der Waals surface area contributed by atoms with Gasteiger partial charge in [0.1, 0.15) is 17.1 Å². The fraction of sp³-hybridized carbons (Fsp3) is 0.318. The summed E-state index contributed by atoms with van der Waals surface area (Å²) < 4.78 is 11.5. The van der Waals surface area contributed by atoms with Crippen LogP contribution in [0.3, 0.4) is 0 Å². The Labute approximate surface area is 152 Å². The van der Waals surface area contributed by atoms with Gasteiger partial charge in [-0.05, 0) is 58.4 Å². The molecule has 0 aliphatic heterocycles. The molecule has 0 N–H and O–H groups in total. The molecule has 0 spiro atoms. The fourth-order valence-corrected chi connectivity index (χ4v) is 1.64. The van der Waals surface area contributed by atoms with Gasteiger partial charge in [-0.25, -0.2) is 4.79 Å². The molecule has 0 atom stereocenters. The lowest BCUT2D eigenvalue weighted by molar-refractivity contribution is -0.134. The molecule has 0 fully saturated rings. The van der Waals surface area contributed by atoms with Crippen LogP contribution in [0.1, 0.15) is 41.0 Å². The zero-order chi connectivity index (χ0) is 19.3. The van der Waals surface area contributed by atoms with Gasteiger partial charge in [-0.3, -0.25) is 0 Å². The van der Waals surface area contributed by atoms with Crippen molar-refractivity contribution in [1.29, 1.82) is 0 Å². The molecule has 0 aliphatic carbocycles. The van der Waals surface area contributed by atoms with Crippen LogP contribution >= 0.6 is 0 Å². The fourth-order valence-electron chi connectivity index (χ4n) is 1.64. The van der Waals surface area contributed by atoms with Gasteiger partial charge in [0.15, 0.2) is 0 Å². The van der Waals surface area contributed by atoms with Crippen molar-refractivity contribution >= 4 is 5.97 Å². The third kappa shape index (κ3) is 9.36. The Morgan fingerprint density at radius 3 is 2.24 bits per heavy atom. The third-order valence-electron chi connectivity index (χ3n) is 3.30. The van der Waals surface area contributed by atoms with Gasteiger partial charge >= 0.3 is 5.97 Å². The average molecular weight is 342 g/mol. The predicted octanol–water partition coefficient (Wildman–Crippen LogP) is 5.95. The minimum Gasteiger partial charge on any atom is -0.488 e. The van der Waals surface area contributed by atoms with Crippen LogP contribution < -0.4 is 0 Å². The molecule has 0 saturated carbocycles. The van der Waals surface area contributed by atoms with Crippen LogP contribution in [0.2, 0.25) is 0 Å². The largest absolute Gasteiger partial charge is 0.488 e. The number of hydrogen-bond donors (Lipinski definition) is 0. The van der Waals surface area contributed by atoms with E-state index in [1.807, 2.05) is 32.9 Å². The van der Waals surface area contributed by atoms with E-state index in [-0.39, 0.29) is 5.60 Å². The van der Waals surface area contributed by atoms with Crippen molar-refractivity contribution in [2.45, 2.75) is 46.6 Å². The van der Waals surface area contributed by atoms with Gasteiger partial charge in [-0.15, -0.1) is 0 Å². The van der Waals surface area contributed by atoms with E-state index in [9.17, 15) is 4.79 Å². The quantitative estimate of drug-likeness (QED) is 0.213. The maximum Gasteiger partial charge on any atom is 0.343 e. The molecular weight excluding hydrogens is 312 g/mol. The minimum absolute atomic E-state index is 0.311. The van der Waals surface area contributed by atoms with E-state index in [2.05, 4.69) is 20.1 Å². The van der Waals surface area contributed by atoms with E-state index in [0.29, 0.717) is 17.1 Å². The molecule has 0 aromatic heterocycles. The summed E-state index contributed by atoms with van der Waals surface area (Å²) >= 11 is 0. The molecule has 136 valence electrons. The highest BCUT2D eigenvalue weighted by Crippen LogP contribution is 2.21. The predicted molar refractivity (Wildman–Crippen MR) is 106 cm³/mol. The van der Waals surface area contributed by atoms with Crippen molar-refractivity contribution in [1.82, 2.24) is 0 Å². The summed E-state index contributed by atoms with van der Waals surface area (Å²) in [5.74, 6) is 0.565. The first-order chi connectivity index (χ1) is 11.8. The first-order valence-corrected chi connectivity index (χ1v) is 8.37. The summed E-state index contributed by atoms with van der Waals surface area (Å²) in [6, 6.07) is 0. The molecule has 0 aromatic rings. The van der Waals surface area contributed by atoms with E-state index in [1.165, 1.54) is 6.08 Å². The lowest BCUT2D eigenvalue weighted by atomic mass is 10.1. The molecule has 3 heteroatoms. The maximum atomic E-state index is 12.3. The number of carbonyl (C=O) groups is 1. The molecule has 0 amide bonds. The summed E-state index contributed by atoms with van der Waals surface area (Å²) in [6.45, 7) is 17.0. The third-order valence-corrected chi connectivity index (χ3v) is 3.30. The Bertz CT molecular complexity index is 611. The van der Waals surface area contributed by atoms with Gasteiger partial charge < -0.3 is 9.47 Å². The van der Waals surface area contributed by atoms with Crippen LogP contribution in [0, 0.1) is 0 Å². The van der Waals surface area contributed by atoms with Gasteiger partial charge in [-0.1, -0.05) is 44.4 Å². The molecule has 25 heavy (non-hydrogen) atoms. The zero-order valence-electron chi connectivity index (χ0n) is 16.0. The number of carbonyl (C=O) groups excluding carboxylic acids is 1. The molecule has 3 nitrogen and oxygen atoms in total. The average Bonchev–Trinajstić information content (AvgIpc) is 2.57. The van der Waals surface area contributed by atoms with E-state index >= 15 is 0 Å². The van der Waals surface area contributed by atoms with E-state index in [4.69, 9.17) is 9.47 Å². The van der Waals surface area contributed by atoms with E-state index in [0.717, 1.165) is 6.42 Å². The van der Waals surface area contributed by atoms with Gasteiger partial charge in [-0.2, -0.15) is 0 Å². The lowest BCUT2D eigenvalue weighted by Crippen LogP contribution is -2.22. The highest BCUT2D eigenvalue weighted by Gasteiger charge is 2.18. The Kier molecular flexibility index (Phi) is 10.7. The lowest BCUT2D eigenvalue weighted by Gasteiger charge is -2.25. The van der Waals surface area contributed by atoms with Crippen LogP contribution in [-0.2, 0) is 14.3 Å². The normalized spacial score (nSPS) is 14.0. The van der Waals surface area contributed by atoms with E-state index in [1.54, 1.807) is 43.4 Å². The van der Waals surface area contributed by atoms with Gasteiger partial charge in [0.25, 0.3) is 0 Å². The maximum absolute atomic E-state index is 12.3. The molecule has 0 aromatic carbocycles. The zero-order valence-corrected chi connectivity index (χ0v) is 16.0. The monoisotopic (exact) mass is 342 g/mol. The summed E-state index contributed by atoms with van der Waals surface area (Å²) in [6.07, 6.45) is 16.0. The highest BCUT2D eigenvalue weighted by molar-refractivity contribution is 5.92. The molecule has 0 bridgehead atoms. The Hall–Kier alpha value is -2.55. The second-order valence-corrected chi connectivity index (χ2v) is 5.80. The molecule has 0 saturated heterocycles. The number of hydrogen-bond acceptors (Lipinski definition) is 3. The van der Waals surface area contributed by atoms with Gasteiger partial charge in [0.05, 0.1) is 5.57 Å². The second-order valence-electron chi connectivity index (χ2n) is 5.80. The molecule has 0 heterocycles. The van der Waals surface area contributed by atoms with Crippen molar-refractivity contribution in [3.8, 4) is 0 Å². The summed E-state index contributed by atoms with van der Waals surface area (Å²) in [5, 5.41) is 0. The second kappa shape index (κ2) is 11.9. The molecule has 0 radical (unpaired) electrons. The van der Waals surface area contributed by atoms with E-state index < -0.39 is 5.97 Å². The molecule has 0 unspecified atom stereocenters. The number of esters is 1. The Morgan fingerprint density at radius 1 is 1.08 bits per heavy atom. The summed E-state index contributed by atoms with van der Waals surface area (Å²) in [4.78, 5) is 12.3. The number of allylic oxidation sites excluding steroid dienone is 8. The van der Waals surface area contributed by atoms with Crippen LogP contribution in [0.5, 0.6) is 0 Å². The first-order valence-electron chi connectivity index (χ1n) is 8.37. The van der Waals surface area contributed by atoms with Gasteiger partial charge in [0, 0.05) is 6.08 Å². The minimum atomic E-state index is -0.475. The standard InChI is InChI=1S/C22H30O3/c1-8-13-16-18(14-9-2)21(23)24-19(11-4)17-20(15-10-3)25-22(6,7)12-5/h8-11,13-17H,1-2,12H2,3-7H3/b15-10-,16-13-,18-14+,19-11+,20-17+. The van der Waals surface area contributed by atoms with Crippen molar-refractivity contribution in [2.24, 2.45) is 0 Å². The molecular formula is C22H30O3. The van der Waals surface area contributed by atoms with Gasteiger partial charge in [0.2, 0.25) is 0 Å². The topological polar surface area (TPSA) is 35.5 Å². The van der Waals surface area contributed by atoms with Crippen LogP contribution in [0.25, 0.3) is 0 Å². The smallest absolute Gasteiger partial charge is 0.343 e. The van der Waals surface area contributed by atoms with Crippen LogP contribution in [-0.4, -0.2) is 11.6 Å². The highest BCUT2D eigenvalue weighted by atomic mass is 16.5. The molecule has 0 rings (SSSR count). The molecule has 0 aliphatic rings. The number of ether oxygens (including phenoxy) is 2. The van der Waals surface area contributed by atoms with Crippen molar-refractivity contribution in [3.63, 3.8) is 0 Å². The summed E-state index contributed by atoms with van der Waals surface area (Å²) in [7, 11) is 0. The first kappa shape index (κ1) is 22.4.